The molecule has 0 radical (unpaired) electrons. The average molecular weight is 350 g/mol. The number of aromatic nitrogens is 1. The van der Waals surface area contributed by atoms with Crippen molar-refractivity contribution in [3.05, 3.63) is 74.6 Å². The van der Waals surface area contributed by atoms with Gasteiger partial charge in [0.05, 0.1) is 10.5 Å². The number of benzene rings is 2. The Morgan fingerprint density at radius 2 is 1.76 bits per heavy atom. The Bertz CT molecular complexity index is 1010. The van der Waals surface area contributed by atoms with Gasteiger partial charge in [-0.2, -0.15) is 13.2 Å². The molecule has 1 heterocycles. The molecule has 0 atom stereocenters. The molecule has 3 rings (SSSR count). The van der Waals surface area contributed by atoms with Crippen LogP contribution in [-0.2, 0) is 6.18 Å². The van der Waals surface area contributed by atoms with E-state index in [2.05, 4.69) is 4.98 Å². The molecule has 0 spiro atoms. The van der Waals surface area contributed by atoms with Crippen LogP contribution in [0.25, 0.3) is 10.9 Å². The van der Waals surface area contributed by atoms with Crippen LogP contribution < -0.4 is 10.3 Å². The highest BCUT2D eigenvalue weighted by molar-refractivity contribution is 5.91. The second-order valence-electron chi connectivity index (χ2n) is 5.08. The number of hydrogen-bond donors (Lipinski definition) is 1. The summed E-state index contributed by atoms with van der Waals surface area (Å²) in [5.74, 6) is 0.0635. The molecule has 1 aromatic heterocycles. The maximum Gasteiger partial charge on any atom is 0.416 e. The van der Waals surface area contributed by atoms with Crippen LogP contribution in [0.3, 0.4) is 0 Å². The number of rotatable bonds is 3. The van der Waals surface area contributed by atoms with Gasteiger partial charge in [-0.05, 0) is 30.3 Å². The summed E-state index contributed by atoms with van der Waals surface area (Å²) >= 11 is 0. The number of nitro groups is 1. The van der Waals surface area contributed by atoms with Crippen LogP contribution in [0, 0.1) is 10.1 Å². The highest BCUT2D eigenvalue weighted by atomic mass is 19.4. The molecule has 0 saturated heterocycles. The van der Waals surface area contributed by atoms with Crippen molar-refractivity contribution >= 4 is 16.6 Å². The third kappa shape index (κ3) is 3.30. The predicted octanol–water partition coefficient (Wildman–Crippen LogP) is 4.25. The molecular weight excluding hydrogens is 341 g/mol. The van der Waals surface area contributed by atoms with E-state index in [1.54, 1.807) is 0 Å². The molecule has 0 amide bonds. The number of fused-ring (bicyclic) bond motifs is 1. The molecule has 25 heavy (non-hydrogen) atoms. The molecule has 9 heteroatoms. The first kappa shape index (κ1) is 16.5. The van der Waals surface area contributed by atoms with Crippen LogP contribution in [0.15, 0.2) is 53.3 Å². The van der Waals surface area contributed by atoms with Crippen LogP contribution in [0.1, 0.15) is 5.56 Å². The number of non-ortho nitro benzene ring substituents is 1. The highest BCUT2D eigenvalue weighted by Gasteiger charge is 2.30. The smallest absolute Gasteiger partial charge is 0.416 e. The second kappa shape index (κ2) is 5.93. The van der Waals surface area contributed by atoms with Crippen molar-refractivity contribution in [1.82, 2.24) is 4.98 Å². The van der Waals surface area contributed by atoms with E-state index in [-0.39, 0.29) is 28.1 Å². The van der Waals surface area contributed by atoms with Gasteiger partial charge in [0.2, 0.25) is 0 Å². The molecule has 0 bridgehead atoms. The molecular formula is C16H9F3N2O4. The lowest BCUT2D eigenvalue weighted by Crippen LogP contribution is -2.07. The van der Waals surface area contributed by atoms with Crippen molar-refractivity contribution in [3.8, 4) is 11.5 Å². The fourth-order valence-electron chi connectivity index (χ4n) is 2.31. The number of alkyl halides is 3. The summed E-state index contributed by atoms with van der Waals surface area (Å²) in [4.78, 5) is 24.5. The summed E-state index contributed by atoms with van der Waals surface area (Å²) < 4.78 is 43.2. The third-order valence-corrected chi connectivity index (χ3v) is 3.42. The average Bonchev–Trinajstić information content (AvgIpc) is 2.53. The van der Waals surface area contributed by atoms with Crippen LogP contribution in [0.5, 0.6) is 11.5 Å². The Balaban J connectivity index is 2.06. The van der Waals surface area contributed by atoms with Crippen molar-refractivity contribution in [3.63, 3.8) is 0 Å². The summed E-state index contributed by atoms with van der Waals surface area (Å²) in [6.45, 7) is 0. The molecule has 6 nitrogen and oxygen atoms in total. The maximum absolute atomic E-state index is 12.6. The molecule has 0 aliphatic carbocycles. The number of para-hydroxylation sites is 1. The minimum atomic E-state index is -4.48. The van der Waals surface area contributed by atoms with E-state index in [0.717, 1.165) is 30.3 Å². The number of pyridine rings is 1. The topological polar surface area (TPSA) is 85.2 Å². The van der Waals surface area contributed by atoms with Gasteiger partial charge >= 0.3 is 6.18 Å². The molecule has 0 saturated carbocycles. The Labute approximate surface area is 137 Å². The number of ether oxygens (including phenoxy) is 1. The van der Waals surface area contributed by atoms with Crippen LogP contribution in [-0.4, -0.2) is 9.91 Å². The first-order chi connectivity index (χ1) is 11.8. The molecule has 0 fully saturated rings. The monoisotopic (exact) mass is 350 g/mol. The van der Waals surface area contributed by atoms with Gasteiger partial charge in [0.25, 0.3) is 11.2 Å². The van der Waals surface area contributed by atoms with Crippen LogP contribution in [0.4, 0.5) is 18.9 Å². The van der Waals surface area contributed by atoms with E-state index in [1.807, 2.05) is 0 Å². The Morgan fingerprint density at radius 3 is 2.36 bits per heavy atom. The van der Waals surface area contributed by atoms with Crippen molar-refractivity contribution < 1.29 is 22.8 Å². The largest absolute Gasteiger partial charge is 0.456 e. The zero-order valence-electron chi connectivity index (χ0n) is 12.3. The molecule has 0 unspecified atom stereocenters. The zero-order chi connectivity index (χ0) is 18.2. The first-order valence-electron chi connectivity index (χ1n) is 6.91. The quantitative estimate of drug-likeness (QED) is 0.565. The number of H-pyrrole nitrogens is 1. The van der Waals surface area contributed by atoms with E-state index in [0.29, 0.717) is 0 Å². The fraction of sp³-hybridized carbons (Fsp3) is 0.0625. The summed E-state index contributed by atoms with van der Waals surface area (Å²) in [7, 11) is 0. The highest BCUT2D eigenvalue weighted by Crippen LogP contribution is 2.34. The SMILES string of the molecule is O=c1cc(Oc2ccc(C(F)(F)F)cc2)c2cccc([N+](=O)[O-])c2[nH]1. The molecule has 0 aliphatic rings. The van der Waals surface area contributed by atoms with E-state index in [9.17, 15) is 28.1 Å². The minimum absolute atomic E-state index is 0.00205. The number of nitro benzene ring substituents is 1. The maximum atomic E-state index is 12.6. The molecule has 0 aliphatic heterocycles. The lowest BCUT2D eigenvalue weighted by molar-refractivity contribution is -0.383. The summed E-state index contributed by atoms with van der Waals surface area (Å²) in [5.41, 5.74) is -1.82. The lowest BCUT2D eigenvalue weighted by atomic mass is 10.1. The van der Waals surface area contributed by atoms with Crippen LogP contribution >= 0.6 is 0 Å². The molecule has 1 N–H and O–H groups in total. The summed E-state index contributed by atoms with van der Waals surface area (Å²) in [6.07, 6.45) is -4.48. The van der Waals surface area contributed by atoms with Gasteiger partial charge in [-0.3, -0.25) is 14.9 Å². The number of halogens is 3. The Morgan fingerprint density at radius 1 is 1.08 bits per heavy atom. The third-order valence-electron chi connectivity index (χ3n) is 3.42. The first-order valence-corrected chi connectivity index (χ1v) is 6.91. The van der Waals surface area contributed by atoms with E-state index in [1.165, 1.54) is 18.2 Å². The van der Waals surface area contributed by atoms with Gasteiger partial charge in [-0.1, -0.05) is 6.07 Å². The van der Waals surface area contributed by atoms with Crippen molar-refractivity contribution in [2.45, 2.75) is 6.18 Å². The van der Waals surface area contributed by atoms with Gasteiger partial charge in [-0.25, -0.2) is 0 Å². The van der Waals surface area contributed by atoms with Crippen molar-refractivity contribution in [1.29, 1.82) is 0 Å². The minimum Gasteiger partial charge on any atom is -0.456 e. The summed E-state index contributed by atoms with van der Waals surface area (Å²) in [5, 5.41) is 11.3. The van der Waals surface area contributed by atoms with Crippen LogP contribution in [0.2, 0.25) is 0 Å². The van der Waals surface area contributed by atoms with Crippen molar-refractivity contribution in [2.75, 3.05) is 0 Å². The summed E-state index contributed by atoms with van der Waals surface area (Å²) in [6, 6.07) is 9.10. The Kier molecular flexibility index (Phi) is 3.91. The normalized spacial score (nSPS) is 11.5. The number of aromatic amines is 1. The predicted molar refractivity (Wildman–Crippen MR) is 82.7 cm³/mol. The number of nitrogens with one attached hydrogen (secondary N) is 1. The molecule has 3 aromatic rings. The van der Waals surface area contributed by atoms with E-state index in [4.69, 9.17) is 4.74 Å². The zero-order valence-corrected chi connectivity index (χ0v) is 12.3. The molecule has 2 aromatic carbocycles. The van der Waals surface area contributed by atoms with Gasteiger partial charge in [0, 0.05) is 17.5 Å². The van der Waals surface area contributed by atoms with Gasteiger partial charge in [-0.15, -0.1) is 0 Å². The number of hydrogen-bond acceptors (Lipinski definition) is 4. The lowest BCUT2D eigenvalue weighted by Gasteiger charge is -2.10. The molecule has 128 valence electrons. The van der Waals surface area contributed by atoms with E-state index >= 15 is 0 Å². The van der Waals surface area contributed by atoms with Gasteiger partial charge in [0.15, 0.2) is 0 Å². The Hall–Kier alpha value is -3.36. The van der Waals surface area contributed by atoms with Gasteiger partial charge in [0.1, 0.15) is 17.0 Å². The van der Waals surface area contributed by atoms with Gasteiger partial charge < -0.3 is 9.72 Å². The standard InChI is InChI=1S/C16H9F3N2O4/c17-16(18,19)9-4-6-10(7-5-9)25-13-8-14(22)20-15-11(13)2-1-3-12(15)21(23)24/h1-8H,(H,20,22). The number of nitrogens with zero attached hydrogens (tertiary/aromatic N) is 1. The second-order valence-corrected chi connectivity index (χ2v) is 5.08. The fourth-order valence-corrected chi connectivity index (χ4v) is 2.31. The van der Waals surface area contributed by atoms with E-state index < -0.39 is 22.2 Å². The van der Waals surface area contributed by atoms with Crippen molar-refractivity contribution in [2.24, 2.45) is 0 Å².